The van der Waals surface area contributed by atoms with E-state index in [1.54, 1.807) is 4.68 Å². The molecule has 0 saturated heterocycles. The minimum atomic E-state index is 0.0927. The molecular formula is C14H17ClN4S. The summed E-state index contributed by atoms with van der Waals surface area (Å²) in [6.07, 6.45) is 0. The molecule has 3 N–H and O–H groups in total. The van der Waals surface area contributed by atoms with Crippen molar-refractivity contribution in [2.75, 3.05) is 5.32 Å². The van der Waals surface area contributed by atoms with E-state index in [9.17, 15) is 0 Å². The Morgan fingerprint density at radius 3 is 2.55 bits per heavy atom. The van der Waals surface area contributed by atoms with E-state index in [4.69, 9.17) is 29.6 Å². The zero-order valence-electron chi connectivity index (χ0n) is 11.6. The molecule has 0 saturated carbocycles. The second kappa shape index (κ2) is 5.81. The van der Waals surface area contributed by atoms with Crippen molar-refractivity contribution in [1.29, 1.82) is 0 Å². The van der Waals surface area contributed by atoms with Gasteiger partial charge in [0.05, 0.1) is 11.3 Å². The summed E-state index contributed by atoms with van der Waals surface area (Å²) in [7, 11) is 1.87. The molecule has 0 fully saturated rings. The highest BCUT2D eigenvalue weighted by Gasteiger charge is 2.17. The van der Waals surface area contributed by atoms with Crippen LogP contribution in [0.15, 0.2) is 24.3 Å². The number of thiocarbonyl (C=S) groups is 1. The fraction of sp³-hybridized carbons (Fsp3) is 0.286. The molecule has 2 aromatic rings. The predicted octanol–water partition coefficient (Wildman–Crippen LogP) is 3.19. The standard InChI is InChI=1S/C14H17ClN4S/c1-8(10-4-6-11(15)7-5-10)17-14-12(13(16)20)9(2)18-19(14)3/h4-8,17H,1-3H3,(H2,16,20). The highest BCUT2D eigenvalue weighted by atomic mass is 35.5. The first-order chi connectivity index (χ1) is 9.40. The number of rotatable bonds is 4. The highest BCUT2D eigenvalue weighted by Crippen LogP contribution is 2.25. The van der Waals surface area contributed by atoms with Gasteiger partial charge in [-0.3, -0.25) is 4.68 Å². The monoisotopic (exact) mass is 308 g/mol. The number of nitrogens with two attached hydrogens (primary N) is 1. The lowest BCUT2D eigenvalue weighted by Gasteiger charge is -2.17. The van der Waals surface area contributed by atoms with E-state index in [1.807, 2.05) is 38.2 Å². The highest BCUT2D eigenvalue weighted by molar-refractivity contribution is 7.80. The fourth-order valence-corrected chi connectivity index (χ4v) is 2.53. The first-order valence-corrected chi connectivity index (χ1v) is 7.04. The number of aryl methyl sites for hydroxylation is 2. The number of nitrogens with one attached hydrogen (secondary N) is 1. The molecule has 0 spiro atoms. The summed E-state index contributed by atoms with van der Waals surface area (Å²) < 4.78 is 1.76. The van der Waals surface area contributed by atoms with Crippen LogP contribution in [0.5, 0.6) is 0 Å². The van der Waals surface area contributed by atoms with Crippen molar-refractivity contribution in [2.24, 2.45) is 12.8 Å². The molecule has 0 radical (unpaired) electrons. The molecule has 1 aromatic carbocycles. The first-order valence-electron chi connectivity index (χ1n) is 6.25. The van der Waals surface area contributed by atoms with Gasteiger partial charge in [0.2, 0.25) is 0 Å². The molecule has 106 valence electrons. The lowest BCUT2D eigenvalue weighted by molar-refractivity contribution is 0.742. The van der Waals surface area contributed by atoms with Crippen molar-refractivity contribution >= 4 is 34.6 Å². The van der Waals surface area contributed by atoms with E-state index in [0.717, 1.165) is 27.7 Å². The Balaban J connectivity index is 2.30. The lowest BCUT2D eigenvalue weighted by Crippen LogP contribution is -2.16. The molecule has 0 aliphatic rings. The third-order valence-electron chi connectivity index (χ3n) is 3.19. The number of hydrogen-bond acceptors (Lipinski definition) is 3. The summed E-state index contributed by atoms with van der Waals surface area (Å²) >= 11 is 11.0. The summed E-state index contributed by atoms with van der Waals surface area (Å²) in [4.78, 5) is 0.349. The van der Waals surface area contributed by atoms with E-state index < -0.39 is 0 Å². The Kier molecular flexibility index (Phi) is 4.30. The van der Waals surface area contributed by atoms with Crippen LogP contribution in [-0.2, 0) is 7.05 Å². The number of anilines is 1. The Morgan fingerprint density at radius 1 is 1.40 bits per heavy atom. The normalized spacial score (nSPS) is 12.2. The average Bonchev–Trinajstić information content (AvgIpc) is 2.64. The second-order valence-electron chi connectivity index (χ2n) is 4.71. The fourth-order valence-electron chi connectivity index (χ4n) is 2.16. The van der Waals surface area contributed by atoms with E-state index in [0.29, 0.717) is 4.99 Å². The average molecular weight is 309 g/mol. The summed E-state index contributed by atoms with van der Waals surface area (Å²) in [5.74, 6) is 0.831. The summed E-state index contributed by atoms with van der Waals surface area (Å²) in [6.45, 7) is 3.96. The number of hydrogen-bond donors (Lipinski definition) is 2. The molecule has 20 heavy (non-hydrogen) atoms. The van der Waals surface area contributed by atoms with Crippen LogP contribution in [0, 0.1) is 6.92 Å². The minimum Gasteiger partial charge on any atom is -0.389 e. The lowest BCUT2D eigenvalue weighted by atomic mass is 10.1. The van der Waals surface area contributed by atoms with Gasteiger partial charge in [-0.15, -0.1) is 0 Å². The van der Waals surface area contributed by atoms with Crippen molar-refractivity contribution in [2.45, 2.75) is 19.9 Å². The second-order valence-corrected chi connectivity index (χ2v) is 5.59. The minimum absolute atomic E-state index is 0.0927. The van der Waals surface area contributed by atoms with Gasteiger partial charge >= 0.3 is 0 Å². The first kappa shape index (κ1) is 14.8. The van der Waals surface area contributed by atoms with Crippen LogP contribution in [-0.4, -0.2) is 14.8 Å². The van der Waals surface area contributed by atoms with E-state index in [1.165, 1.54) is 0 Å². The smallest absolute Gasteiger partial charge is 0.135 e. The van der Waals surface area contributed by atoms with Crippen molar-refractivity contribution < 1.29 is 0 Å². The number of halogens is 1. The summed E-state index contributed by atoms with van der Waals surface area (Å²) in [5.41, 5.74) is 8.53. The molecule has 6 heteroatoms. The maximum Gasteiger partial charge on any atom is 0.135 e. The van der Waals surface area contributed by atoms with Gasteiger partial charge < -0.3 is 11.1 Å². The van der Waals surface area contributed by atoms with E-state index >= 15 is 0 Å². The summed E-state index contributed by atoms with van der Waals surface area (Å²) in [6, 6.07) is 7.82. The molecule has 0 amide bonds. The van der Waals surface area contributed by atoms with Crippen molar-refractivity contribution in [3.05, 3.63) is 46.1 Å². The summed E-state index contributed by atoms with van der Waals surface area (Å²) in [5, 5.41) is 8.49. The van der Waals surface area contributed by atoms with Gasteiger partial charge in [-0.25, -0.2) is 0 Å². The number of aromatic nitrogens is 2. The van der Waals surface area contributed by atoms with Gasteiger partial charge in [-0.1, -0.05) is 36.0 Å². The van der Waals surface area contributed by atoms with Crippen molar-refractivity contribution in [1.82, 2.24) is 9.78 Å². The Labute approximate surface area is 128 Å². The van der Waals surface area contributed by atoms with Gasteiger partial charge in [-0.2, -0.15) is 5.10 Å². The molecule has 1 unspecified atom stereocenters. The molecule has 0 aliphatic carbocycles. The zero-order valence-corrected chi connectivity index (χ0v) is 13.2. The maximum absolute atomic E-state index is 5.90. The molecular weight excluding hydrogens is 292 g/mol. The Morgan fingerprint density at radius 2 is 2.00 bits per heavy atom. The zero-order chi connectivity index (χ0) is 14.9. The van der Waals surface area contributed by atoms with E-state index in [2.05, 4.69) is 17.3 Å². The predicted molar refractivity (Wildman–Crippen MR) is 87.3 cm³/mol. The van der Waals surface area contributed by atoms with Crippen LogP contribution in [0.1, 0.15) is 29.8 Å². The molecule has 1 atom stereocenters. The Hall–Kier alpha value is -1.59. The molecule has 0 bridgehead atoms. The van der Waals surface area contributed by atoms with Gasteiger partial charge in [0.25, 0.3) is 0 Å². The van der Waals surface area contributed by atoms with E-state index in [-0.39, 0.29) is 6.04 Å². The topological polar surface area (TPSA) is 55.9 Å². The third kappa shape index (κ3) is 2.94. The van der Waals surface area contributed by atoms with Crippen LogP contribution < -0.4 is 11.1 Å². The third-order valence-corrected chi connectivity index (χ3v) is 3.65. The molecule has 1 heterocycles. The number of nitrogens with zero attached hydrogens (tertiary/aromatic N) is 2. The molecule has 0 aliphatic heterocycles. The van der Waals surface area contributed by atoms with Gasteiger partial charge in [-0.05, 0) is 31.5 Å². The maximum atomic E-state index is 5.90. The van der Waals surface area contributed by atoms with Crippen molar-refractivity contribution in [3.8, 4) is 0 Å². The van der Waals surface area contributed by atoms with Gasteiger partial charge in [0.1, 0.15) is 10.8 Å². The van der Waals surface area contributed by atoms with Crippen molar-refractivity contribution in [3.63, 3.8) is 0 Å². The van der Waals surface area contributed by atoms with Crippen LogP contribution in [0.4, 0.5) is 5.82 Å². The van der Waals surface area contributed by atoms with Gasteiger partial charge in [0.15, 0.2) is 0 Å². The Bertz CT molecular complexity index is 633. The quantitative estimate of drug-likeness (QED) is 0.852. The van der Waals surface area contributed by atoms with Crippen LogP contribution in [0.3, 0.4) is 0 Å². The number of benzene rings is 1. The molecule has 1 aromatic heterocycles. The van der Waals surface area contributed by atoms with Crippen LogP contribution >= 0.6 is 23.8 Å². The largest absolute Gasteiger partial charge is 0.389 e. The SMILES string of the molecule is Cc1nn(C)c(NC(C)c2ccc(Cl)cc2)c1C(N)=S. The van der Waals surface area contributed by atoms with Crippen LogP contribution in [0.25, 0.3) is 0 Å². The molecule has 4 nitrogen and oxygen atoms in total. The van der Waals surface area contributed by atoms with Gasteiger partial charge in [0, 0.05) is 18.1 Å². The van der Waals surface area contributed by atoms with Crippen LogP contribution in [0.2, 0.25) is 5.02 Å². The molecule has 2 rings (SSSR count).